The number of nitrogens with two attached hydrogens (primary N) is 1. The first-order valence-electron chi connectivity index (χ1n) is 10.5. The van der Waals surface area contributed by atoms with E-state index in [1.807, 2.05) is 39.0 Å². The molecule has 0 aliphatic carbocycles. The molecule has 0 spiro atoms. The van der Waals surface area contributed by atoms with Gasteiger partial charge in [-0.1, -0.05) is 41.4 Å². The molecule has 4 rings (SSSR count). The van der Waals surface area contributed by atoms with E-state index in [1.54, 1.807) is 48.5 Å². The zero-order valence-corrected chi connectivity index (χ0v) is 21.2. The molecular formula is C26H23ClN2O3S2. The highest BCUT2D eigenvalue weighted by Gasteiger charge is 2.32. The minimum atomic E-state index is -4.01. The first-order valence-corrected chi connectivity index (χ1v) is 13.1. The van der Waals surface area contributed by atoms with Gasteiger partial charge in [-0.05, 0) is 74.4 Å². The number of rotatable bonds is 6. The summed E-state index contributed by atoms with van der Waals surface area (Å²) in [6, 6.07) is 18.8. The number of nitrogens with one attached hydrogen (secondary N) is 1. The van der Waals surface area contributed by atoms with E-state index in [2.05, 4.69) is 5.32 Å². The molecule has 34 heavy (non-hydrogen) atoms. The van der Waals surface area contributed by atoms with Crippen LogP contribution in [0.1, 0.15) is 31.9 Å². The summed E-state index contributed by atoms with van der Waals surface area (Å²) >= 11 is 6.99. The molecule has 0 unspecified atom stereocenters. The largest absolute Gasteiger partial charge is 0.396 e. The average Bonchev–Trinajstić information content (AvgIpc) is 3.13. The molecule has 4 aromatic rings. The predicted molar refractivity (Wildman–Crippen MR) is 139 cm³/mol. The monoisotopic (exact) mass is 510 g/mol. The van der Waals surface area contributed by atoms with Gasteiger partial charge in [0, 0.05) is 16.3 Å². The summed E-state index contributed by atoms with van der Waals surface area (Å²) < 4.78 is 27.4. The Bertz CT molecular complexity index is 1490. The summed E-state index contributed by atoms with van der Waals surface area (Å²) in [6.45, 7) is 5.76. The number of hydrogen-bond donors (Lipinski definition) is 2. The van der Waals surface area contributed by atoms with Gasteiger partial charge < -0.3 is 11.1 Å². The van der Waals surface area contributed by atoms with Crippen LogP contribution in [-0.4, -0.2) is 14.2 Å². The maximum absolute atomic E-state index is 13.7. The highest BCUT2D eigenvalue weighted by atomic mass is 35.5. The number of aryl methyl sites for hydroxylation is 3. The zero-order valence-electron chi connectivity index (χ0n) is 18.8. The number of nitrogen functional groups attached to an aromatic ring is 1. The SMILES string of the molecule is Cc1ccc(S(=O)(=O)c2c(Nc3cc(C)ccc3C)sc(C(=O)c3ccc(Cl)cc3)c2N)cc1. The Morgan fingerprint density at radius 2 is 1.53 bits per heavy atom. The summed E-state index contributed by atoms with van der Waals surface area (Å²) in [5, 5.41) is 4.02. The van der Waals surface area contributed by atoms with Gasteiger partial charge in [-0.25, -0.2) is 8.42 Å². The molecule has 3 aromatic carbocycles. The molecule has 1 aromatic heterocycles. The molecule has 3 N–H and O–H groups in total. The van der Waals surface area contributed by atoms with E-state index >= 15 is 0 Å². The van der Waals surface area contributed by atoms with Crippen molar-refractivity contribution in [2.45, 2.75) is 30.6 Å². The highest BCUT2D eigenvalue weighted by molar-refractivity contribution is 7.92. The van der Waals surface area contributed by atoms with Crippen LogP contribution in [0.2, 0.25) is 5.02 Å². The van der Waals surface area contributed by atoms with E-state index < -0.39 is 9.84 Å². The zero-order chi connectivity index (χ0) is 24.6. The van der Waals surface area contributed by atoms with Crippen molar-refractivity contribution in [3.63, 3.8) is 0 Å². The smallest absolute Gasteiger partial charge is 0.211 e. The normalized spacial score (nSPS) is 11.4. The number of hydrogen-bond acceptors (Lipinski definition) is 6. The number of halogens is 1. The van der Waals surface area contributed by atoms with Crippen LogP contribution in [0.15, 0.2) is 76.5 Å². The molecule has 0 aliphatic rings. The van der Waals surface area contributed by atoms with Crippen molar-refractivity contribution in [2.75, 3.05) is 11.1 Å². The maximum atomic E-state index is 13.7. The summed E-state index contributed by atoms with van der Waals surface area (Å²) in [5.74, 6) is -0.367. The molecule has 0 saturated heterocycles. The van der Waals surface area contributed by atoms with Crippen LogP contribution in [0.5, 0.6) is 0 Å². The van der Waals surface area contributed by atoms with Crippen LogP contribution < -0.4 is 11.1 Å². The second-order valence-electron chi connectivity index (χ2n) is 8.10. The van der Waals surface area contributed by atoms with Crippen molar-refractivity contribution in [2.24, 2.45) is 0 Å². The first-order chi connectivity index (χ1) is 16.1. The van der Waals surface area contributed by atoms with Gasteiger partial charge in [0.15, 0.2) is 0 Å². The second kappa shape index (κ2) is 9.25. The Hall–Kier alpha value is -3.13. The Morgan fingerprint density at radius 1 is 0.912 bits per heavy atom. The summed E-state index contributed by atoms with van der Waals surface area (Å²) in [7, 11) is -4.01. The van der Waals surface area contributed by atoms with Gasteiger partial charge in [0.25, 0.3) is 0 Å². The molecule has 1 heterocycles. The predicted octanol–water partition coefficient (Wildman–Crippen LogP) is 6.72. The minimum Gasteiger partial charge on any atom is -0.396 e. The number of carbonyl (C=O) groups is 1. The van der Waals surface area contributed by atoms with Gasteiger partial charge in [0.2, 0.25) is 15.6 Å². The van der Waals surface area contributed by atoms with E-state index in [1.165, 1.54) is 0 Å². The molecular weight excluding hydrogens is 488 g/mol. The molecule has 0 aliphatic heterocycles. The third kappa shape index (κ3) is 4.59. The molecule has 0 fully saturated rings. The third-order valence-electron chi connectivity index (χ3n) is 5.45. The highest BCUT2D eigenvalue weighted by Crippen LogP contribution is 2.44. The van der Waals surface area contributed by atoms with E-state index in [0.717, 1.165) is 33.7 Å². The summed E-state index contributed by atoms with van der Waals surface area (Å²) in [4.78, 5) is 13.5. The topological polar surface area (TPSA) is 89.3 Å². The Balaban J connectivity index is 1.90. The fourth-order valence-corrected chi connectivity index (χ4v) is 6.56. The Morgan fingerprint density at radius 3 is 2.18 bits per heavy atom. The van der Waals surface area contributed by atoms with Crippen LogP contribution in [0.25, 0.3) is 0 Å². The van der Waals surface area contributed by atoms with Crippen molar-refractivity contribution in [3.05, 3.63) is 98.9 Å². The fourth-order valence-electron chi connectivity index (χ4n) is 3.51. The Kier molecular flexibility index (Phi) is 6.53. The van der Waals surface area contributed by atoms with Crippen LogP contribution in [-0.2, 0) is 9.84 Å². The second-order valence-corrected chi connectivity index (χ2v) is 11.4. The van der Waals surface area contributed by atoms with Gasteiger partial charge in [-0.3, -0.25) is 4.79 Å². The summed E-state index contributed by atoms with van der Waals surface area (Å²) in [5.41, 5.74) is 10.3. The van der Waals surface area contributed by atoms with Crippen molar-refractivity contribution in [1.29, 1.82) is 0 Å². The van der Waals surface area contributed by atoms with E-state index in [9.17, 15) is 13.2 Å². The Labute approximate surface area is 208 Å². The molecule has 0 saturated carbocycles. The molecule has 5 nitrogen and oxygen atoms in total. The lowest BCUT2D eigenvalue weighted by Crippen LogP contribution is -2.08. The minimum absolute atomic E-state index is 0.0710. The lowest BCUT2D eigenvalue weighted by atomic mass is 10.1. The lowest BCUT2D eigenvalue weighted by Gasteiger charge is -2.12. The third-order valence-corrected chi connectivity index (χ3v) is 8.81. The van der Waals surface area contributed by atoms with Crippen LogP contribution in [0.3, 0.4) is 0 Å². The molecule has 0 bridgehead atoms. The van der Waals surface area contributed by atoms with Crippen LogP contribution in [0.4, 0.5) is 16.4 Å². The lowest BCUT2D eigenvalue weighted by molar-refractivity contribution is 0.104. The number of sulfone groups is 1. The van der Waals surface area contributed by atoms with Gasteiger partial charge in [-0.15, -0.1) is 11.3 Å². The molecule has 8 heteroatoms. The van der Waals surface area contributed by atoms with E-state index in [0.29, 0.717) is 15.6 Å². The van der Waals surface area contributed by atoms with E-state index in [-0.39, 0.29) is 26.1 Å². The number of anilines is 3. The van der Waals surface area contributed by atoms with Crippen molar-refractivity contribution in [1.82, 2.24) is 0 Å². The van der Waals surface area contributed by atoms with Crippen molar-refractivity contribution >= 4 is 54.9 Å². The first kappa shape index (κ1) is 24.0. The van der Waals surface area contributed by atoms with Crippen molar-refractivity contribution in [3.8, 4) is 0 Å². The summed E-state index contributed by atoms with van der Waals surface area (Å²) in [6.07, 6.45) is 0. The number of carbonyl (C=O) groups excluding carboxylic acids is 1. The molecule has 0 radical (unpaired) electrons. The maximum Gasteiger partial charge on any atom is 0.211 e. The van der Waals surface area contributed by atoms with Crippen LogP contribution in [0, 0.1) is 20.8 Å². The average molecular weight is 511 g/mol. The van der Waals surface area contributed by atoms with Gasteiger partial charge in [0.1, 0.15) is 14.8 Å². The standard InChI is InChI=1S/C26H23ClN2O3S2/c1-15-5-12-20(13-6-15)34(31,32)25-22(28)24(23(30)18-8-10-19(27)11-9-18)33-26(25)29-21-14-16(2)4-7-17(21)3/h4-14,29H,28H2,1-3H3. The van der Waals surface area contributed by atoms with E-state index in [4.69, 9.17) is 17.3 Å². The van der Waals surface area contributed by atoms with Crippen LogP contribution >= 0.6 is 22.9 Å². The number of ketones is 1. The molecule has 0 atom stereocenters. The fraction of sp³-hybridized carbons (Fsp3) is 0.115. The number of thiophene rings is 1. The van der Waals surface area contributed by atoms with Gasteiger partial charge in [-0.2, -0.15) is 0 Å². The van der Waals surface area contributed by atoms with Gasteiger partial charge in [0.05, 0.1) is 10.6 Å². The van der Waals surface area contributed by atoms with Crippen molar-refractivity contribution < 1.29 is 13.2 Å². The molecule has 0 amide bonds. The quantitative estimate of drug-likeness (QED) is 0.281. The van der Waals surface area contributed by atoms with Gasteiger partial charge >= 0.3 is 0 Å². The molecule has 174 valence electrons. The number of benzene rings is 3.